The van der Waals surface area contributed by atoms with E-state index in [-0.39, 0.29) is 51.0 Å². The van der Waals surface area contributed by atoms with Gasteiger partial charge in [-0.25, -0.2) is 0 Å². The molecule has 0 heterocycles. The van der Waals surface area contributed by atoms with Crippen molar-refractivity contribution in [3.05, 3.63) is 69.8 Å². The quantitative estimate of drug-likeness (QED) is 0.176. The molecule has 0 aliphatic rings. The van der Waals surface area contributed by atoms with Gasteiger partial charge in [-0.15, -0.1) is 68.1 Å². The summed E-state index contributed by atoms with van der Waals surface area (Å²) in [7, 11) is -2.10. The van der Waals surface area contributed by atoms with Gasteiger partial charge in [-0.3, -0.25) is 0 Å². The van der Waals surface area contributed by atoms with Gasteiger partial charge in [0.2, 0.25) is 0 Å². The van der Waals surface area contributed by atoms with E-state index in [2.05, 4.69) is 106 Å². The average molecular weight is 673 g/mol. The van der Waals surface area contributed by atoms with Crippen LogP contribution in [-0.2, 0) is 26.2 Å². The molecule has 0 saturated heterocycles. The van der Waals surface area contributed by atoms with Gasteiger partial charge in [-0.05, 0) is 11.8 Å². The first-order chi connectivity index (χ1) is 17.6. The molecule has 0 N–H and O–H groups in total. The van der Waals surface area contributed by atoms with Gasteiger partial charge in [-0.1, -0.05) is 130 Å². The molecular formula is C36H50Cl2SiZr. The minimum absolute atomic E-state index is 0. The van der Waals surface area contributed by atoms with Crippen LogP contribution < -0.4 is 35.2 Å². The third-order valence-corrected chi connectivity index (χ3v) is 14.7. The van der Waals surface area contributed by atoms with E-state index < -0.39 is 8.07 Å². The third-order valence-electron chi connectivity index (χ3n) is 9.12. The van der Waals surface area contributed by atoms with Crippen LogP contribution in [0.25, 0.3) is 21.5 Å². The largest absolute Gasteiger partial charge is 4.00 e. The second-order valence-corrected chi connectivity index (χ2v) is 16.7. The van der Waals surface area contributed by atoms with Gasteiger partial charge in [-0.2, -0.15) is 10.4 Å². The SMILES string of the molecule is CCCC[Si](CCCC)(c1c(C)[cH-]c2c(C)ccc(C(C)C)c12)c1c(C)[cH-]c2c(C)ccc(C(C)C)c12.[Cl-].[Cl-].[Zr+4]. The van der Waals surface area contributed by atoms with E-state index in [0.717, 1.165) is 0 Å². The fourth-order valence-corrected chi connectivity index (χ4v) is 13.9. The summed E-state index contributed by atoms with van der Waals surface area (Å²) < 4.78 is 0. The van der Waals surface area contributed by atoms with Gasteiger partial charge in [0.05, 0.1) is 0 Å². The smallest absolute Gasteiger partial charge is 1.00 e. The van der Waals surface area contributed by atoms with Crippen LogP contribution >= 0.6 is 0 Å². The molecule has 0 nitrogen and oxygen atoms in total. The van der Waals surface area contributed by atoms with Crippen LogP contribution in [0.5, 0.6) is 0 Å². The predicted molar refractivity (Wildman–Crippen MR) is 171 cm³/mol. The maximum absolute atomic E-state index is 2.56. The Balaban J connectivity index is 0.00000267. The average Bonchev–Trinajstić information content (AvgIpc) is 3.38. The standard InChI is InChI=1S/C36H50Si.2ClH.Zr/c1-11-13-19-37(20-14-12-2,35-27(9)21-31-25(7)15-17-29(23(3)4)33(31)35)36-28(10)22-32-26(8)16-18-30(24(5)6)34(32)36;;;/h15-18,21-24H,11-14,19-20H2,1-10H3;2*1H;/q-2;;;+4/p-2. The van der Waals surface area contributed by atoms with Crippen molar-refractivity contribution in [2.75, 3.05) is 0 Å². The number of rotatable bonds is 10. The van der Waals surface area contributed by atoms with Gasteiger partial charge in [0.1, 0.15) is 0 Å². The van der Waals surface area contributed by atoms with Crippen LogP contribution in [0.3, 0.4) is 0 Å². The van der Waals surface area contributed by atoms with Gasteiger partial charge in [0.25, 0.3) is 0 Å². The molecule has 0 bridgehead atoms. The number of unbranched alkanes of at least 4 members (excludes halogenated alkanes) is 2. The van der Waals surface area contributed by atoms with Crippen LogP contribution in [0, 0.1) is 27.7 Å². The number of aryl methyl sites for hydroxylation is 4. The summed E-state index contributed by atoms with van der Waals surface area (Å²) in [5, 5.41) is 9.83. The summed E-state index contributed by atoms with van der Waals surface area (Å²) >= 11 is 0. The molecule has 0 saturated carbocycles. The molecule has 0 aliphatic carbocycles. The fourth-order valence-electron chi connectivity index (χ4n) is 7.29. The number of hydrogen-bond acceptors (Lipinski definition) is 0. The van der Waals surface area contributed by atoms with Crippen LogP contribution in [0.15, 0.2) is 36.4 Å². The van der Waals surface area contributed by atoms with Crippen molar-refractivity contribution in [3.63, 3.8) is 0 Å². The molecule has 4 rings (SSSR count). The molecule has 216 valence electrons. The topological polar surface area (TPSA) is 0 Å². The molecular weight excluding hydrogens is 623 g/mol. The fraction of sp³-hybridized carbons (Fsp3) is 0.500. The molecule has 4 aromatic carbocycles. The van der Waals surface area contributed by atoms with Crippen molar-refractivity contribution in [2.24, 2.45) is 0 Å². The molecule has 0 spiro atoms. The van der Waals surface area contributed by atoms with E-state index in [0.29, 0.717) is 11.8 Å². The van der Waals surface area contributed by atoms with Crippen molar-refractivity contribution in [3.8, 4) is 0 Å². The Hall–Kier alpha value is -0.660. The van der Waals surface area contributed by atoms with Gasteiger partial charge < -0.3 is 24.8 Å². The van der Waals surface area contributed by atoms with E-state index in [1.165, 1.54) is 59.7 Å². The van der Waals surface area contributed by atoms with Crippen molar-refractivity contribution >= 4 is 40.0 Å². The van der Waals surface area contributed by atoms with E-state index in [1.807, 2.05) is 0 Å². The van der Waals surface area contributed by atoms with Crippen molar-refractivity contribution in [1.29, 1.82) is 0 Å². The van der Waals surface area contributed by atoms with Crippen molar-refractivity contribution in [2.45, 2.75) is 119 Å². The molecule has 0 fully saturated rings. The van der Waals surface area contributed by atoms with Crippen LogP contribution in [0.4, 0.5) is 0 Å². The Bertz CT molecular complexity index is 1300. The maximum atomic E-state index is 2.56. The van der Waals surface area contributed by atoms with E-state index >= 15 is 0 Å². The van der Waals surface area contributed by atoms with E-state index in [4.69, 9.17) is 0 Å². The first-order valence-electron chi connectivity index (χ1n) is 15.0. The molecule has 0 aliphatic heterocycles. The van der Waals surface area contributed by atoms with Gasteiger partial charge in [0, 0.05) is 8.07 Å². The Labute approximate surface area is 277 Å². The Morgan fingerprint density at radius 1 is 0.625 bits per heavy atom. The third kappa shape index (κ3) is 6.46. The number of benzene rings is 2. The number of hydrogen-bond donors (Lipinski definition) is 0. The maximum Gasteiger partial charge on any atom is 4.00 e. The summed E-state index contributed by atoms with van der Waals surface area (Å²) in [5.41, 5.74) is 9.09. The second-order valence-electron chi connectivity index (χ2n) is 12.5. The monoisotopic (exact) mass is 670 g/mol. The normalized spacial score (nSPS) is 11.7. The molecule has 0 atom stereocenters. The number of halogens is 2. The zero-order valence-corrected chi connectivity index (χ0v) is 31.6. The summed E-state index contributed by atoms with van der Waals surface area (Å²) in [5.74, 6) is 1.05. The van der Waals surface area contributed by atoms with E-state index in [1.54, 1.807) is 43.4 Å². The second kappa shape index (κ2) is 15.2. The molecule has 40 heavy (non-hydrogen) atoms. The Kier molecular flexibility index (Phi) is 14.2. The molecule has 0 aromatic heterocycles. The van der Waals surface area contributed by atoms with Gasteiger partial charge >= 0.3 is 26.2 Å². The molecule has 4 aromatic rings. The number of fused-ring (bicyclic) bond motifs is 2. The Morgan fingerprint density at radius 3 is 1.27 bits per heavy atom. The summed E-state index contributed by atoms with van der Waals surface area (Å²) in [6.45, 7) is 23.8. The minimum Gasteiger partial charge on any atom is -1.00 e. The van der Waals surface area contributed by atoms with Crippen LogP contribution in [0.2, 0.25) is 12.1 Å². The summed E-state index contributed by atoms with van der Waals surface area (Å²) in [6, 6.07) is 17.5. The zero-order valence-electron chi connectivity index (χ0n) is 26.6. The first kappa shape index (κ1) is 37.4. The molecule has 4 heteroatoms. The van der Waals surface area contributed by atoms with Gasteiger partial charge in [0.15, 0.2) is 0 Å². The van der Waals surface area contributed by atoms with Crippen LogP contribution in [-0.4, -0.2) is 8.07 Å². The minimum atomic E-state index is -2.10. The molecule has 0 amide bonds. The molecule has 0 radical (unpaired) electrons. The van der Waals surface area contributed by atoms with Crippen molar-refractivity contribution in [1.82, 2.24) is 0 Å². The van der Waals surface area contributed by atoms with E-state index in [9.17, 15) is 0 Å². The Morgan fingerprint density at radius 2 is 0.975 bits per heavy atom. The predicted octanol–water partition coefficient (Wildman–Crippen LogP) is 4.08. The van der Waals surface area contributed by atoms with Crippen molar-refractivity contribution < 1.29 is 51.0 Å². The summed E-state index contributed by atoms with van der Waals surface area (Å²) in [4.78, 5) is 0. The first-order valence-corrected chi connectivity index (χ1v) is 17.4. The van der Waals surface area contributed by atoms with Crippen LogP contribution in [0.1, 0.15) is 112 Å². The summed E-state index contributed by atoms with van der Waals surface area (Å²) in [6.07, 6.45) is 5.17. The zero-order chi connectivity index (χ0) is 27.1. The molecule has 0 unspecified atom stereocenters.